The van der Waals surface area contributed by atoms with Gasteiger partial charge in [-0.2, -0.15) is 4.98 Å². The van der Waals surface area contributed by atoms with Gasteiger partial charge in [-0.25, -0.2) is 0 Å². The smallest absolute Gasteiger partial charge is 0.253 e. The number of carbonyl (C=O) groups is 1. The number of rotatable bonds is 4. The lowest BCUT2D eigenvalue weighted by Gasteiger charge is -2.36. The van der Waals surface area contributed by atoms with E-state index >= 15 is 0 Å². The van der Waals surface area contributed by atoms with Crippen LogP contribution in [0.15, 0.2) is 53.1 Å². The SMILES string of the molecule is Cc1ccc(-c2noc(C(C)N3CCN(C(=O)c4ccc(Cl)cc4)CC3)n2)cc1. The fourth-order valence-electron chi connectivity index (χ4n) is 3.47. The predicted octanol–water partition coefficient (Wildman–Crippen LogP) is 4.22. The number of benzene rings is 2. The maximum Gasteiger partial charge on any atom is 0.253 e. The first-order valence-electron chi connectivity index (χ1n) is 9.71. The third-order valence-electron chi connectivity index (χ3n) is 5.35. The summed E-state index contributed by atoms with van der Waals surface area (Å²) in [5, 5.41) is 4.76. The fourth-order valence-corrected chi connectivity index (χ4v) is 3.59. The van der Waals surface area contributed by atoms with Crippen molar-refractivity contribution < 1.29 is 9.32 Å². The normalized spacial score (nSPS) is 16.0. The molecule has 0 bridgehead atoms. The Morgan fingerprint density at radius 1 is 1.03 bits per heavy atom. The standard InChI is InChI=1S/C22H23ClN4O2/c1-15-3-5-17(6-4-15)20-24-21(29-25-20)16(2)26-11-13-27(14-12-26)22(28)18-7-9-19(23)10-8-18/h3-10,16H,11-14H2,1-2H3. The topological polar surface area (TPSA) is 62.5 Å². The van der Waals surface area contributed by atoms with E-state index in [0.29, 0.717) is 35.4 Å². The van der Waals surface area contributed by atoms with Crippen molar-refractivity contribution in [2.45, 2.75) is 19.9 Å². The van der Waals surface area contributed by atoms with Crippen LogP contribution >= 0.6 is 11.6 Å². The minimum absolute atomic E-state index is 0.00511. The Hall–Kier alpha value is -2.70. The molecule has 3 aromatic rings. The Kier molecular flexibility index (Phi) is 5.65. The van der Waals surface area contributed by atoms with E-state index < -0.39 is 0 Å². The molecule has 6 nitrogen and oxygen atoms in total. The number of amides is 1. The van der Waals surface area contributed by atoms with E-state index in [-0.39, 0.29) is 11.9 Å². The Balaban J connectivity index is 1.38. The summed E-state index contributed by atoms with van der Waals surface area (Å²) in [6, 6.07) is 15.1. The third kappa shape index (κ3) is 4.33. The van der Waals surface area contributed by atoms with Gasteiger partial charge >= 0.3 is 0 Å². The summed E-state index contributed by atoms with van der Waals surface area (Å²) < 4.78 is 5.52. The van der Waals surface area contributed by atoms with Crippen LogP contribution in [-0.2, 0) is 0 Å². The highest BCUT2D eigenvalue weighted by molar-refractivity contribution is 6.30. The average molecular weight is 411 g/mol. The largest absolute Gasteiger partial charge is 0.337 e. The number of aryl methyl sites for hydroxylation is 1. The monoisotopic (exact) mass is 410 g/mol. The summed E-state index contributed by atoms with van der Waals surface area (Å²) in [6.07, 6.45) is 0. The number of hydrogen-bond donors (Lipinski definition) is 0. The van der Waals surface area contributed by atoms with Gasteiger partial charge in [0.2, 0.25) is 11.7 Å². The van der Waals surface area contributed by atoms with Gasteiger partial charge in [-0.05, 0) is 38.1 Å². The Labute approximate surface area is 175 Å². The van der Waals surface area contributed by atoms with E-state index in [1.165, 1.54) is 5.56 Å². The second kappa shape index (κ2) is 8.35. The molecule has 1 aliphatic rings. The second-order valence-corrected chi connectivity index (χ2v) is 7.77. The summed E-state index contributed by atoms with van der Waals surface area (Å²) in [7, 11) is 0. The summed E-state index contributed by atoms with van der Waals surface area (Å²) >= 11 is 5.91. The quantitative estimate of drug-likeness (QED) is 0.644. The molecule has 29 heavy (non-hydrogen) atoms. The van der Waals surface area contributed by atoms with Crippen molar-refractivity contribution in [2.24, 2.45) is 0 Å². The van der Waals surface area contributed by atoms with E-state index in [4.69, 9.17) is 16.1 Å². The molecule has 1 saturated heterocycles. The van der Waals surface area contributed by atoms with Crippen LogP contribution in [0.1, 0.15) is 34.8 Å². The molecule has 0 aliphatic carbocycles. The summed E-state index contributed by atoms with van der Waals surface area (Å²) in [5.74, 6) is 1.23. The lowest BCUT2D eigenvalue weighted by Crippen LogP contribution is -2.49. The van der Waals surface area contributed by atoms with E-state index in [1.54, 1.807) is 24.3 Å². The fraction of sp³-hybridized carbons (Fsp3) is 0.318. The van der Waals surface area contributed by atoms with Crippen LogP contribution < -0.4 is 0 Å². The highest BCUT2D eigenvalue weighted by atomic mass is 35.5. The highest BCUT2D eigenvalue weighted by Gasteiger charge is 2.28. The van der Waals surface area contributed by atoms with Crippen molar-refractivity contribution in [2.75, 3.05) is 26.2 Å². The third-order valence-corrected chi connectivity index (χ3v) is 5.60. The van der Waals surface area contributed by atoms with E-state index in [2.05, 4.69) is 22.0 Å². The van der Waals surface area contributed by atoms with Crippen LogP contribution in [0, 0.1) is 6.92 Å². The number of hydrogen-bond acceptors (Lipinski definition) is 5. The lowest BCUT2D eigenvalue weighted by atomic mass is 10.1. The van der Waals surface area contributed by atoms with Gasteiger partial charge in [-0.1, -0.05) is 46.6 Å². The first-order chi connectivity index (χ1) is 14.0. The molecule has 7 heteroatoms. The lowest BCUT2D eigenvalue weighted by molar-refractivity contribution is 0.0551. The van der Waals surface area contributed by atoms with Gasteiger partial charge in [0.05, 0.1) is 6.04 Å². The van der Waals surface area contributed by atoms with Crippen molar-refractivity contribution in [1.29, 1.82) is 0 Å². The van der Waals surface area contributed by atoms with Crippen LogP contribution in [0.4, 0.5) is 0 Å². The molecule has 0 N–H and O–H groups in total. The molecular formula is C22H23ClN4O2. The van der Waals surface area contributed by atoms with Gasteiger partial charge in [-0.15, -0.1) is 0 Å². The number of aromatic nitrogens is 2. The summed E-state index contributed by atoms with van der Waals surface area (Å²) in [4.78, 5) is 21.4. The molecule has 1 aromatic heterocycles. The maximum absolute atomic E-state index is 12.7. The van der Waals surface area contributed by atoms with Crippen molar-refractivity contribution in [3.63, 3.8) is 0 Å². The number of carbonyl (C=O) groups excluding carboxylic acids is 1. The predicted molar refractivity (Wildman–Crippen MR) is 112 cm³/mol. The minimum atomic E-state index is -0.00511. The zero-order valence-electron chi connectivity index (χ0n) is 16.5. The van der Waals surface area contributed by atoms with Crippen molar-refractivity contribution in [3.05, 3.63) is 70.6 Å². The summed E-state index contributed by atoms with van der Waals surface area (Å²) in [6.45, 7) is 6.93. The Morgan fingerprint density at radius 2 is 1.69 bits per heavy atom. The first-order valence-corrected chi connectivity index (χ1v) is 10.1. The molecule has 1 unspecified atom stereocenters. The van der Waals surface area contributed by atoms with E-state index in [0.717, 1.165) is 18.7 Å². The molecule has 2 aromatic carbocycles. The van der Waals surface area contributed by atoms with Crippen molar-refractivity contribution >= 4 is 17.5 Å². The number of piperazine rings is 1. The van der Waals surface area contributed by atoms with Crippen LogP contribution in [0.5, 0.6) is 0 Å². The van der Waals surface area contributed by atoms with Gasteiger partial charge in [-0.3, -0.25) is 9.69 Å². The van der Waals surface area contributed by atoms with Gasteiger partial charge in [0, 0.05) is 42.3 Å². The molecule has 0 saturated carbocycles. The van der Waals surface area contributed by atoms with Gasteiger partial charge < -0.3 is 9.42 Å². The van der Waals surface area contributed by atoms with Crippen LogP contribution in [0.25, 0.3) is 11.4 Å². The minimum Gasteiger partial charge on any atom is -0.337 e. The number of halogens is 1. The zero-order valence-corrected chi connectivity index (χ0v) is 17.3. The molecule has 150 valence electrons. The molecule has 1 atom stereocenters. The molecule has 0 spiro atoms. The molecule has 4 rings (SSSR count). The van der Waals surface area contributed by atoms with Crippen LogP contribution in [0.3, 0.4) is 0 Å². The van der Waals surface area contributed by atoms with Gasteiger partial charge in [0.25, 0.3) is 5.91 Å². The van der Waals surface area contributed by atoms with E-state index in [9.17, 15) is 4.79 Å². The molecule has 2 heterocycles. The van der Waals surface area contributed by atoms with Crippen molar-refractivity contribution in [3.8, 4) is 11.4 Å². The zero-order chi connectivity index (χ0) is 20.4. The Morgan fingerprint density at radius 3 is 2.34 bits per heavy atom. The van der Waals surface area contributed by atoms with Crippen molar-refractivity contribution in [1.82, 2.24) is 19.9 Å². The van der Waals surface area contributed by atoms with Crippen LogP contribution in [0.2, 0.25) is 5.02 Å². The first kappa shape index (κ1) is 19.6. The average Bonchev–Trinajstić information content (AvgIpc) is 3.24. The Bertz CT molecular complexity index is 977. The highest BCUT2D eigenvalue weighted by Crippen LogP contribution is 2.24. The molecule has 1 amide bonds. The van der Waals surface area contributed by atoms with Gasteiger partial charge in [0.15, 0.2) is 0 Å². The molecule has 0 radical (unpaired) electrons. The maximum atomic E-state index is 12.7. The summed E-state index contributed by atoms with van der Waals surface area (Å²) in [5.41, 5.74) is 2.79. The molecule has 1 aliphatic heterocycles. The molecular weight excluding hydrogens is 388 g/mol. The second-order valence-electron chi connectivity index (χ2n) is 7.33. The van der Waals surface area contributed by atoms with Crippen LogP contribution in [-0.4, -0.2) is 52.0 Å². The number of nitrogens with zero attached hydrogens (tertiary/aromatic N) is 4. The van der Waals surface area contributed by atoms with E-state index in [1.807, 2.05) is 36.1 Å². The molecule has 1 fully saturated rings. The van der Waals surface area contributed by atoms with Gasteiger partial charge in [0.1, 0.15) is 0 Å².